The quantitative estimate of drug-likeness (QED) is 0.657. The van der Waals surface area contributed by atoms with Crippen molar-refractivity contribution >= 4 is 0 Å². The van der Waals surface area contributed by atoms with Gasteiger partial charge in [0.1, 0.15) is 5.75 Å². The van der Waals surface area contributed by atoms with E-state index in [-0.39, 0.29) is 10.8 Å². The van der Waals surface area contributed by atoms with Crippen LogP contribution in [-0.4, -0.2) is 7.11 Å². The zero-order valence-electron chi connectivity index (χ0n) is 16.6. The number of hydrogen-bond acceptors (Lipinski definition) is 1. The lowest BCUT2D eigenvalue weighted by Gasteiger charge is -2.28. The lowest BCUT2D eigenvalue weighted by atomic mass is 9.77. The van der Waals surface area contributed by atoms with E-state index in [0.29, 0.717) is 0 Å². The minimum Gasteiger partial charge on any atom is -0.496 e. The van der Waals surface area contributed by atoms with E-state index in [1.54, 1.807) is 7.11 Å². The van der Waals surface area contributed by atoms with Crippen LogP contribution in [0.25, 0.3) is 0 Å². The van der Waals surface area contributed by atoms with Crippen LogP contribution in [0.2, 0.25) is 0 Å². The van der Waals surface area contributed by atoms with Crippen molar-refractivity contribution in [3.63, 3.8) is 0 Å². The number of rotatable bonds is 4. The molecule has 0 amide bonds. The maximum absolute atomic E-state index is 5.51. The number of benzene rings is 2. The van der Waals surface area contributed by atoms with Gasteiger partial charge in [0.25, 0.3) is 0 Å². The Bertz CT molecular complexity index is 717. The van der Waals surface area contributed by atoms with Crippen molar-refractivity contribution < 1.29 is 4.74 Å². The minimum atomic E-state index is 0.0645. The highest BCUT2D eigenvalue weighted by Crippen LogP contribution is 2.33. The molecule has 0 aliphatic carbocycles. The Hall–Kier alpha value is -1.76. The minimum absolute atomic E-state index is 0.0645. The molecule has 0 fully saturated rings. The molecule has 0 aromatic heterocycles. The van der Waals surface area contributed by atoms with Crippen LogP contribution in [0.5, 0.6) is 5.75 Å². The molecule has 0 bridgehead atoms. The van der Waals surface area contributed by atoms with Crippen molar-refractivity contribution in [1.29, 1.82) is 0 Å². The van der Waals surface area contributed by atoms with Crippen LogP contribution in [0.3, 0.4) is 0 Å². The third kappa shape index (κ3) is 4.01. The van der Waals surface area contributed by atoms with Gasteiger partial charge in [0, 0.05) is 0 Å². The molecule has 130 valence electrons. The van der Waals surface area contributed by atoms with Crippen molar-refractivity contribution in [3.05, 3.63) is 64.2 Å². The van der Waals surface area contributed by atoms with E-state index in [1.807, 2.05) is 0 Å². The SMILES string of the molecule is COc1cc(C(C)(C)Cc2ccc(C(C)(C)C)cc2C)ccc1C. The van der Waals surface area contributed by atoms with Gasteiger partial charge < -0.3 is 4.74 Å². The van der Waals surface area contributed by atoms with E-state index < -0.39 is 0 Å². The maximum Gasteiger partial charge on any atom is 0.122 e. The number of ether oxygens (including phenoxy) is 1. The molecular formula is C23H32O. The van der Waals surface area contributed by atoms with Crippen molar-refractivity contribution in [3.8, 4) is 5.75 Å². The second-order valence-electron chi connectivity index (χ2n) is 8.64. The summed E-state index contributed by atoms with van der Waals surface area (Å²) in [6, 6.07) is 13.5. The zero-order chi connectivity index (χ0) is 18.1. The zero-order valence-corrected chi connectivity index (χ0v) is 16.6. The van der Waals surface area contributed by atoms with E-state index in [4.69, 9.17) is 4.74 Å². The van der Waals surface area contributed by atoms with E-state index in [1.165, 1.54) is 27.8 Å². The Balaban J connectivity index is 2.32. The molecule has 24 heavy (non-hydrogen) atoms. The van der Waals surface area contributed by atoms with E-state index in [9.17, 15) is 0 Å². The Labute approximate surface area is 148 Å². The van der Waals surface area contributed by atoms with Crippen LogP contribution >= 0.6 is 0 Å². The molecule has 0 spiro atoms. The van der Waals surface area contributed by atoms with Crippen LogP contribution in [0.1, 0.15) is 62.4 Å². The molecule has 2 rings (SSSR count). The lowest BCUT2D eigenvalue weighted by molar-refractivity contribution is 0.408. The third-order valence-electron chi connectivity index (χ3n) is 5.03. The average Bonchev–Trinajstić information content (AvgIpc) is 2.48. The summed E-state index contributed by atoms with van der Waals surface area (Å²) in [7, 11) is 1.74. The molecule has 0 aliphatic heterocycles. The van der Waals surface area contributed by atoms with Crippen molar-refractivity contribution in [1.82, 2.24) is 0 Å². The van der Waals surface area contributed by atoms with E-state index in [0.717, 1.165) is 12.2 Å². The molecule has 1 heteroatoms. The highest BCUT2D eigenvalue weighted by Gasteiger charge is 2.24. The van der Waals surface area contributed by atoms with E-state index in [2.05, 4.69) is 84.9 Å². The molecule has 0 saturated carbocycles. The fourth-order valence-corrected chi connectivity index (χ4v) is 3.18. The largest absolute Gasteiger partial charge is 0.496 e. The second kappa shape index (κ2) is 6.63. The molecule has 0 atom stereocenters. The fraction of sp³-hybridized carbons (Fsp3) is 0.478. The predicted molar refractivity (Wildman–Crippen MR) is 104 cm³/mol. The van der Waals surface area contributed by atoms with Gasteiger partial charge in [-0.05, 0) is 65.0 Å². The molecule has 0 heterocycles. The summed E-state index contributed by atoms with van der Waals surface area (Å²) in [5.41, 5.74) is 6.98. The van der Waals surface area contributed by atoms with Gasteiger partial charge in [-0.25, -0.2) is 0 Å². The van der Waals surface area contributed by atoms with Crippen molar-refractivity contribution in [2.75, 3.05) is 7.11 Å². The van der Waals surface area contributed by atoms with Crippen LogP contribution < -0.4 is 4.74 Å². The van der Waals surface area contributed by atoms with Gasteiger partial charge >= 0.3 is 0 Å². The van der Waals surface area contributed by atoms with Crippen LogP contribution in [0.15, 0.2) is 36.4 Å². The third-order valence-corrected chi connectivity index (χ3v) is 5.03. The standard InChI is InChI=1S/C23H32O/c1-16-9-11-20(14-21(16)24-8)23(6,7)15-18-10-12-19(13-17(18)2)22(3,4)5/h9-14H,15H2,1-8H3. The van der Waals surface area contributed by atoms with Gasteiger partial charge in [0.2, 0.25) is 0 Å². The molecule has 0 aliphatic rings. The van der Waals surface area contributed by atoms with Crippen molar-refractivity contribution in [2.24, 2.45) is 0 Å². The topological polar surface area (TPSA) is 9.23 Å². The van der Waals surface area contributed by atoms with Crippen LogP contribution in [0, 0.1) is 13.8 Å². The van der Waals surface area contributed by atoms with Crippen LogP contribution in [-0.2, 0) is 17.3 Å². The molecule has 0 saturated heterocycles. The summed E-state index contributed by atoms with van der Waals surface area (Å²) in [5.74, 6) is 0.973. The fourth-order valence-electron chi connectivity index (χ4n) is 3.18. The summed E-state index contributed by atoms with van der Waals surface area (Å²) in [5, 5.41) is 0. The number of hydrogen-bond donors (Lipinski definition) is 0. The first-order chi connectivity index (χ1) is 11.0. The molecule has 1 nitrogen and oxygen atoms in total. The highest BCUT2D eigenvalue weighted by molar-refractivity contribution is 5.42. The molecule has 2 aromatic carbocycles. The second-order valence-corrected chi connectivity index (χ2v) is 8.64. The summed E-state index contributed by atoms with van der Waals surface area (Å²) < 4.78 is 5.51. The van der Waals surface area contributed by atoms with Gasteiger partial charge in [-0.2, -0.15) is 0 Å². The monoisotopic (exact) mass is 324 g/mol. The molecular weight excluding hydrogens is 292 g/mol. The summed E-state index contributed by atoms with van der Waals surface area (Å²) in [4.78, 5) is 0. The summed E-state index contributed by atoms with van der Waals surface area (Å²) >= 11 is 0. The summed E-state index contributed by atoms with van der Waals surface area (Å²) in [6.07, 6.45) is 1.02. The normalized spacial score (nSPS) is 12.3. The van der Waals surface area contributed by atoms with Gasteiger partial charge in [-0.1, -0.05) is 65.0 Å². The predicted octanol–water partition coefficient (Wildman–Crippen LogP) is 6.13. The highest BCUT2D eigenvalue weighted by atomic mass is 16.5. The Morgan fingerprint density at radius 1 is 0.792 bits per heavy atom. The summed E-state index contributed by atoms with van der Waals surface area (Å²) in [6.45, 7) is 15.8. The van der Waals surface area contributed by atoms with Gasteiger partial charge in [-0.3, -0.25) is 0 Å². The number of aryl methyl sites for hydroxylation is 2. The van der Waals surface area contributed by atoms with Crippen LogP contribution in [0.4, 0.5) is 0 Å². The smallest absolute Gasteiger partial charge is 0.122 e. The lowest BCUT2D eigenvalue weighted by Crippen LogP contribution is -2.21. The van der Waals surface area contributed by atoms with Gasteiger partial charge in [0.15, 0.2) is 0 Å². The first-order valence-corrected chi connectivity index (χ1v) is 8.80. The molecule has 2 aromatic rings. The Morgan fingerprint density at radius 3 is 1.96 bits per heavy atom. The molecule has 0 N–H and O–H groups in total. The van der Waals surface area contributed by atoms with Crippen molar-refractivity contribution in [2.45, 2.75) is 65.7 Å². The maximum atomic E-state index is 5.51. The first kappa shape index (κ1) is 18.6. The van der Waals surface area contributed by atoms with Gasteiger partial charge in [-0.15, -0.1) is 0 Å². The van der Waals surface area contributed by atoms with Gasteiger partial charge in [0.05, 0.1) is 7.11 Å². The molecule has 0 unspecified atom stereocenters. The Morgan fingerprint density at radius 2 is 1.42 bits per heavy atom. The Kier molecular flexibility index (Phi) is 5.13. The first-order valence-electron chi connectivity index (χ1n) is 8.80. The average molecular weight is 325 g/mol. The molecule has 0 radical (unpaired) electrons. The number of methoxy groups -OCH3 is 1. The van der Waals surface area contributed by atoms with E-state index >= 15 is 0 Å².